The van der Waals surface area contributed by atoms with E-state index in [4.69, 9.17) is 21.4 Å². The molecular weight excluding hydrogens is 1130 g/mol. The van der Waals surface area contributed by atoms with E-state index in [0.717, 1.165) is 52.0 Å². The molecule has 0 spiro atoms. The van der Waals surface area contributed by atoms with Crippen LogP contribution in [0.3, 0.4) is 0 Å². The minimum atomic E-state index is -0.747. The summed E-state index contributed by atoms with van der Waals surface area (Å²) < 4.78 is 27.8. The van der Waals surface area contributed by atoms with E-state index in [-0.39, 0.29) is 100 Å². The molecule has 6 heterocycles. The first-order valence-corrected chi connectivity index (χ1v) is 30.9. The van der Waals surface area contributed by atoms with Gasteiger partial charge in [0.25, 0.3) is 35.4 Å². The highest BCUT2D eigenvalue weighted by Gasteiger charge is 2.40. The molecule has 0 fully saturated rings. The Bertz CT molecular complexity index is 4030. The van der Waals surface area contributed by atoms with Gasteiger partial charge in [-0.15, -0.1) is 22.7 Å². The molecule has 4 unspecified atom stereocenters. The molecular formula is C68H64F2N8O6S2. The van der Waals surface area contributed by atoms with Crippen molar-refractivity contribution in [2.45, 2.75) is 103 Å². The van der Waals surface area contributed by atoms with Crippen molar-refractivity contribution in [1.29, 1.82) is 0 Å². The topological polar surface area (TPSA) is 220 Å². The number of primary amides is 2. The van der Waals surface area contributed by atoms with Gasteiger partial charge >= 0.3 is 0 Å². The van der Waals surface area contributed by atoms with E-state index in [9.17, 15) is 37.5 Å². The maximum absolute atomic E-state index is 14.6. The Kier molecular flexibility index (Phi) is 16.1. The lowest BCUT2D eigenvalue weighted by molar-refractivity contribution is 0.0779. The normalized spacial score (nSPS) is 17.9. The number of nitrogens with one attached hydrogen (secondary N) is 3. The minimum absolute atomic E-state index is 0.0211. The molecule has 438 valence electrons. The second kappa shape index (κ2) is 24.0. The molecule has 86 heavy (non-hydrogen) atoms. The summed E-state index contributed by atoms with van der Waals surface area (Å²) >= 11 is 2.36. The first kappa shape index (κ1) is 57.7. The summed E-state index contributed by atoms with van der Waals surface area (Å²) in [6, 6.07) is 34.9. The van der Waals surface area contributed by atoms with Crippen molar-refractivity contribution in [2.24, 2.45) is 23.3 Å². The summed E-state index contributed by atoms with van der Waals surface area (Å²) in [6.07, 6.45) is 4.49. The average Bonchev–Trinajstić information content (AvgIpc) is 2.60. The van der Waals surface area contributed by atoms with Gasteiger partial charge in [-0.25, -0.2) is 8.78 Å². The molecule has 4 aliphatic rings. The lowest BCUT2D eigenvalue weighted by atomic mass is 9.84. The smallest absolute Gasteiger partial charge is 0.261 e. The highest BCUT2D eigenvalue weighted by molar-refractivity contribution is 7.17. The lowest BCUT2D eigenvalue weighted by Crippen LogP contribution is -2.38. The molecule has 4 aromatic carbocycles. The van der Waals surface area contributed by atoms with Gasteiger partial charge in [0.05, 0.1) is 73.4 Å². The van der Waals surface area contributed by atoms with E-state index >= 15 is 0 Å². The quantitative estimate of drug-likeness (QED) is 0.0523. The summed E-state index contributed by atoms with van der Waals surface area (Å²) in [5.41, 5.74) is 22.0. The van der Waals surface area contributed by atoms with Crippen molar-refractivity contribution < 1.29 is 37.5 Å². The second-order valence-electron chi connectivity index (χ2n) is 23.6. The number of fused-ring (bicyclic) bond motifs is 4. The van der Waals surface area contributed by atoms with Gasteiger partial charge in [-0.3, -0.25) is 38.7 Å². The fourth-order valence-corrected chi connectivity index (χ4v) is 15.2. The van der Waals surface area contributed by atoms with E-state index < -0.39 is 17.7 Å². The van der Waals surface area contributed by atoms with Crippen LogP contribution in [-0.2, 0) is 38.6 Å². The second-order valence-corrected chi connectivity index (χ2v) is 25.8. The zero-order valence-electron chi connectivity index (χ0n) is 47.8. The van der Waals surface area contributed by atoms with E-state index in [0.29, 0.717) is 98.5 Å². The highest BCUT2D eigenvalue weighted by Crippen LogP contribution is 2.47. The zero-order valence-corrected chi connectivity index (χ0v) is 49.4. The summed E-state index contributed by atoms with van der Waals surface area (Å²) in [4.78, 5) is 98.3. The van der Waals surface area contributed by atoms with Gasteiger partial charge < -0.3 is 32.3 Å². The number of thiophene rings is 2. The van der Waals surface area contributed by atoms with Crippen LogP contribution in [0, 0.1) is 23.5 Å². The number of amides is 6. The van der Waals surface area contributed by atoms with E-state index in [1.165, 1.54) is 41.2 Å². The first-order valence-electron chi connectivity index (χ1n) is 29.2. The van der Waals surface area contributed by atoms with Crippen molar-refractivity contribution >= 4 is 58.1 Å². The fraction of sp³-hybridized carbons (Fsp3) is 0.294. The number of nitrogens with two attached hydrogens (primary N) is 2. The van der Waals surface area contributed by atoms with Crippen LogP contribution in [0.4, 0.5) is 8.78 Å². The van der Waals surface area contributed by atoms with Crippen LogP contribution in [-0.4, -0.2) is 63.4 Å². The van der Waals surface area contributed by atoms with Crippen molar-refractivity contribution in [3.8, 4) is 20.9 Å². The minimum Gasteiger partial charge on any atom is -0.366 e. The number of benzene rings is 4. The third-order valence-corrected chi connectivity index (χ3v) is 19.3. The monoisotopic (exact) mass is 1190 g/mol. The summed E-state index contributed by atoms with van der Waals surface area (Å²) in [7, 11) is 0. The average molecular weight is 1190 g/mol. The van der Waals surface area contributed by atoms with Crippen molar-refractivity contribution in [1.82, 2.24) is 30.8 Å². The van der Waals surface area contributed by atoms with Gasteiger partial charge in [0, 0.05) is 39.9 Å². The Balaban J connectivity index is 0.807. The molecule has 5 atom stereocenters. The van der Waals surface area contributed by atoms with Crippen LogP contribution >= 0.6 is 22.7 Å². The lowest BCUT2D eigenvalue weighted by Gasteiger charge is -2.29. The predicted molar refractivity (Wildman–Crippen MR) is 327 cm³/mol. The first-order chi connectivity index (χ1) is 41.5. The van der Waals surface area contributed by atoms with Gasteiger partial charge in [0.2, 0.25) is 0 Å². The molecule has 2 aliphatic heterocycles. The largest absolute Gasteiger partial charge is 0.366 e. The van der Waals surface area contributed by atoms with E-state index in [1.807, 2.05) is 50.2 Å². The highest BCUT2D eigenvalue weighted by atomic mass is 32.1. The maximum Gasteiger partial charge on any atom is 0.261 e. The van der Waals surface area contributed by atoms with Gasteiger partial charge in [0.15, 0.2) is 0 Å². The van der Waals surface area contributed by atoms with Crippen LogP contribution in [0.25, 0.3) is 20.9 Å². The predicted octanol–water partition coefficient (Wildman–Crippen LogP) is 11.5. The van der Waals surface area contributed by atoms with Crippen molar-refractivity contribution in [2.75, 3.05) is 13.1 Å². The summed E-state index contributed by atoms with van der Waals surface area (Å²) in [6.45, 7) is 6.88. The van der Waals surface area contributed by atoms with Crippen LogP contribution in [0.2, 0.25) is 0 Å². The SMILES string of the molecule is CC(C)Cc1nc2c(c(-c3ccc(C(=O)NC4CC(CC(C)Cc5nc6c(c(-c7ccc(C(=O)N[C@H]8CCc9ccccc98)s7)c5C(N)=O)C(=O)N(CCc5ccc(F)cc5)C6)c5ccccc54)s3)c1C(N)=O)C(=O)NCC2Cc1ccc(F)cc1. The Labute approximate surface area is 504 Å². The van der Waals surface area contributed by atoms with Crippen LogP contribution in [0.15, 0.2) is 121 Å². The molecule has 8 aromatic rings. The van der Waals surface area contributed by atoms with Crippen LogP contribution in [0.1, 0.15) is 181 Å². The molecule has 0 saturated carbocycles. The number of hydrogen-bond acceptors (Lipinski definition) is 10. The molecule has 12 rings (SSSR count). The van der Waals surface area contributed by atoms with Gasteiger partial charge in [0.1, 0.15) is 11.6 Å². The molecule has 0 saturated heterocycles. The number of nitrogens with zero attached hydrogens (tertiary/aromatic N) is 3. The third kappa shape index (κ3) is 11.5. The number of carbonyl (C=O) groups excluding carboxylic acids is 6. The maximum atomic E-state index is 14.6. The molecule has 18 heteroatoms. The Morgan fingerprint density at radius 2 is 1.24 bits per heavy atom. The Hall–Kier alpha value is -8.74. The molecule has 0 bridgehead atoms. The van der Waals surface area contributed by atoms with Crippen molar-refractivity contribution in [3.05, 3.63) is 221 Å². The molecule has 2 aliphatic carbocycles. The Morgan fingerprint density at radius 3 is 1.88 bits per heavy atom. The summed E-state index contributed by atoms with van der Waals surface area (Å²) in [5.74, 6) is -3.83. The van der Waals surface area contributed by atoms with Crippen LogP contribution in [0.5, 0.6) is 0 Å². The number of aromatic nitrogens is 2. The zero-order chi connectivity index (χ0) is 60.1. The van der Waals surface area contributed by atoms with Gasteiger partial charge in [-0.05, 0) is 151 Å². The summed E-state index contributed by atoms with van der Waals surface area (Å²) in [5, 5.41) is 9.50. The Morgan fingerprint density at radius 1 is 0.663 bits per heavy atom. The van der Waals surface area contributed by atoms with Crippen LogP contribution < -0.4 is 27.4 Å². The number of hydrogen-bond donors (Lipinski definition) is 5. The number of carbonyl (C=O) groups is 6. The van der Waals surface area contributed by atoms with E-state index in [2.05, 4.69) is 35.0 Å². The van der Waals surface area contributed by atoms with Gasteiger partial charge in [-0.1, -0.05) is 93.6 Å². The molecule has 14 nitrogen and oxygen atoms in total. The standard InChI is InChI=1S/C68H64F2N8O6S2/c1-35(2)28-49-56(63(71)79)60(61-62(75-49)41(33-73-67(61)83)31-38-14-19-43(70)20-15-38)53-23-25-55(86-53)66(82)77-48-32-40(44-9-6-7-11-46(44)48)29-36(3)30-50-57(64(72)80)59(58-51(74-50)34-78(68(58)84)27-26-37-12-17-42(69)18-13-37)52-22-24-54(85-52)65(81)76-47-21-16-39-8-4-5-10-45(39)47/h4-15,17-20,22-25,35-36,40-41,47-48H,16,21,26-34H2,1-3H3,(H2,71,79)(H2,72,80)(H,73,83)(H,76,81)(H,77,82)/t36?,40?,41?,47-,48?/m0/s1. The number of aryl methyl sites for hydroxylation is 1. The number of rotatable bonds is 19. The van der Waals surface area contributed by atoms with E-state index in [1.54, 1.807) is 53.4 Å². The third-order valence-electron chi connectivity index (χ3n) is 17.1. The fourth-order valence-electron chi connectivity index (χ4n) is 13.3. The molecule has 0 radical (unpaired) electrons. The molecule has 6 amide bonds. The number of halogens is 2. The molecule has 4 aromatic heterocycles. The van der Waals surface area contributed by atoms with Crippen molar-refractivity contribution in [3.63, 3.8) is 0 Å². The van der Waals surface area contributed by atoms with Gasteiger partial charge in [-0.2, -0.15) is 0 Å². The number of pyridine rings is 2. The molecule has 7 N–H and O–H groups in total.